The van der Waals surface area contributed by atoms with E-state index < -0.39 is 28.9 Å². The largest absolute Gasteiger partial charge is 0.492 e. The second-order valence-electron chi connectivity index (χ2n) is 10.9. The van der Waals surface area contributed by atoms with Gasteiger partial charge in [0.1, 0.15) is 40.4 Å². The van der Waals surface area contributed by atoms with Crippen molar-refractivity contribution in [3.8, 4) is 17.4 Å². The van der Waals surface area contributed by atoms with Crippen molar-refractivity contribution in [2.45, 2.75) is 26.2 Å². The van der Waals surface area contributed by atoms with Gasteiger partial charge in [-0.3, -0.25) is 14.5 Å². The van der Waals surface area contributed by atoms with Crippen molar-refractivity contribution in [3.05, 3.63) is 72.2 Å². The zero-order valence-electron chi connectivity index (χ0n) is 24.1. The van der Waals surface area contributed by atoms with Crippen molar-refractivity contribution in [2.24, 2.45) is 5.41 Å². The van der Waals surface area contributed by atoms with Crippen LogP contribution in [-0.4, -0.2) is 70.8 Å². The van der Waals surface area contributed by atoms with E-state index in [2.05, 4.69) is 25.6 Å². The number of hydrogen-bond acceptors (Lipinski definition) is 8. The number of hydrogen-bond donors (Lipinski definition) is 2. The van der Waals surface area contributed by atoms with E-state index in [0.29, 0.717) is 36.4 Å². The van der Waals surface area contributed by atoms with Gasteiger partial charge in [-0.1, -0.05) is 0 Å². The smallest absolute Gasteiger partial charge is 0.247 e. The van der Waals surface area contributed by atoms with Crippen LogP contribution in [0.25, 0.3) is 5.52 Å². The van der Waals surface area contributed by atoms with Gasteiger partial charge in [0.25, 0.3) is 0 Å². The van der Waals surface area contributed by atoms with Crippen molar-refractivity contribution < 1.29 is 32.6 Å². The summed E-state index contributed by atoms with van der Waals surface area (Å²) in [5.41, 5.74) is 0.309. The van der Waals surface area contributed by atoms with Crippen molar-refractivity contribution in [1.29, 1.82) is 0 Å². The Labute approximate surface area is 252 Å². The average Bonchev–Trinajstić information content (AvgIpc) is 3.78. The average molecular weight is 607 g/mol. The van der Waals surface area contributed by atoms with Gasteiger partial charge in [0.05, 0.1) is 31.7 Å². The van der Waals surface area contributed by atoms with Crippen LogP contribution in [0.4, 0.5) is 20.2 Å². The minimum Gasteiger partial charge on any atom is -0.492 e. The third-order valence-electron chi connectivity index (χ3n) is 7.85. The van der Waals surface area contributed by atoms with Crippen LogP contribution in [0.2, 0.25) is 0 Å². The lowest BCUT2D eigenvalue weighted by molar-refractivity contribution is -0.131. The second kappa shape index (κ2) is 12.5. The van der Waals surface area contributed by atoms with Gasteiger partial charge in [-0.05, 0) is 62.6 Å². The normalized spacial score (nSPS) is 16.0. The molecule has 2 aliphatic rings. The van der Waals surface area contributed by atoms with Crippen molar-refractivity contribution in [1.82, 2.24) is 19.5 Å². The van der Waals surface area contributed by atoms with E-state index in [4.69, 9.17) is 14.2 Å². The number of aryl methyl sites for hydroxylation is 1. The fourth-order valence-electron chi connectivity index (χ4n) is 5.10. The van der Waals surface area contributed by atoms with Crippen LogP contribution in [0, 0.1) is 24.0 Å². The van der Waals surface area contributed by atoms with Gasteiger partial charge in [0.15, 0.2) is 0 Å². The molecule has 0 spiro atoms. The molecule has 44 heavy (non-hydrogen) atoms. The molecule has 3 heterocycles. The molecule has 4 aromatic rings. The maximum atomic E-state index is 15.1. The highest BCUT2D eigenvalue weighted by atomic mass is 19.1. The molecule has 2 aromatic carbocycles. The molecule has 0 atom stereocenters. The van der Waals surface area contributed by atoms with Crippen LogP contribution < -0.4 is 20.1 Å². The Morgan fingerprint density at radius 3 is 2.52 bits per heavy atom. The zero-order chi connectivity index (χ0) is 30.7. The summed E-state index contributed by atoms with van der Waals surface area (Å²) in [6.45, 7) is 6.71. The standard InChI is InChI=1S/C31H32F2N6O5/c1-20-26(43-14-2-11-38-12-15-42-16-13-38)18-39-27(20)28(34-19-35-39)44-23-7-8-25(24(33)17-23)37-30(41)31(9-10-31)29(40)36-22-5-3-21(32)4-6-22/h3-8,17-19H,2,9-16H2,1H3,(H,36,40)(H,37,41). The minimum atomic E-state index is -1.32. The van der Waals surface area contributed by atoms with Gasteiger partial charge in [0.2, 0.25) is 17.7 Å². The van der Waals surface area contributed by atoms with E-state index in [1.165, 1.54) is 42.7 Å². The Kier molecular flexibility index (Phi) is 8.40. The fraction of sp³-hybridized carbons (Fsp3) is 0.355. The first-order chi connectivity index (χ1) is 21.3. The number of carbonyl (C=O) groups excluding carboxylic acids is 2. The zero-order valence-corrected chi connectivity index (χ0v) is 24.1. The first-order valence-electron chi connectivity index (χ1n) is 14.4. The van der Waals surface area contributed by atoms with Gasteiger partial charge in [-0.25, -0.2) is 13.3 Å². The molecule has 1 aliphatic heterocycles. The number of morpholine rings is 1. The summed E-state index contributed by atoms with van der Waals surface area (Å²) < 4.78 is 47.3. The molecule has 13 heteroatoms. The summed E-state index contributed by atoms with van der Waals surface area (Å²) in [7, 11) is 0. The van der Waals surface area contributed by atoms with E-state index >= 15 is 4.39 Å². The fourth-order valence-corrected chi connectivity index (χ4v) is 5.10. The Balaban J connectivity index is 1.09. The number of amides is 2. The van der Waals surface area contributed by atoms with Gasteiger partial charge < -0.3 is 24.8 Å². The number of aromatic nitrogens is 3. The molecular formula is C31H32F2N6O5. The van der Waals surface area contributed by atoms with E-state index in [1.807, 2.05) is 6.92 Å². The van der Waals surface area contributed by atoms with Crippen LogP contribution >= 0.6 is 0 Å². The number of rotatable bonds is 11. The Hall–Kier alpha value is -4.62. The molecule has 2 aromatic heterocycles. The highest BCUT2D eigenvalue weighted by molar-refractivity contribution is 6.16. The molecule has 1 aliphatic carbocycles. The number of anilines is 2. The second-order valence-corrected chi connectivity index (χ2v) is 10.9. The van der Waals surface area contributed by atoms with Crippen molar-refractivity contribution in [3.63, 3.8) is 0 Å². The summed E-state index contributed by atoms with van der Waals surface area (Å²) >= 11 is 0. The minimum absolute atomic E-state index is 0.0947. The maximum absolute atomic E-state index is 15.1. The number of ether oxygens (including phenoxy) is 3. The van der Waals surface area contributed by atoms with Gasteiger partial charge >= 0.3 is 0 Å². The van der Waals surface area contributed by atoms with Crippen molar-refractivity contribution in [2.75, 3.05) is 50.1 Å². The topological polar surface area (TPSA) is 119 Å². The van der Waals surface area contributed by atoms with Crippen LogP contribution in [0.5, 0.6) is 17.4 Å². The van der Waals surface area contributed by atoms with Gasteiger partial charge in [-0.2, -0.15) is 10.1 Å². The molecule has 6 rings (SSSR count). The monoisotopic (exact) mass is 606 g/mol. The molecule has 1 saturated heterocycles. The molecule has 230 valence electrons. The number of nitrogens with zero attached hydrogens (tertiary/aromatic N) is 4. The maximum Gasteiger partial charge on any atom is 0.247 e. The number of halogens is 2. The van der Waals surface area contributed by atoms with Gasteiger partial charge in [0, 0.05) is 37.0 Å². The molecule has 2 fully saturated rings. The first-order valence-corrected chi connectivity index (χ1v) is 14.4. The summed E-state index contributed by atoms with van der Waals surface area (Å²) in [4.78, 5) is 32.4. The molecule has 0 unspecified atom stereocenters. The molecule has 2 amide bonds. The molecular weight excluding hydrogens is 574 g/mol. The van der Waals surface area contributed by atoms with Crippen LogP contribution in [0.3, 0.4) is 0 Å². The number of fused-ring (bicyclic) bond motifs is 1. The van der Waals surface area contributed by atoms with Crippen molar-refractivity contribution >= 4 is 28.7 Å². The highest BCUT2D eigenvalue weighted by Gasteiger charge is 2.56. The Bertz CT molecular complexity index is 1670. The number of carbonyl (C=O) groups is 2. The first kappa shape index (κ1) is 29.5. The molecule has 0 radical (unpaired) electrons. The van der Waals surface area contributed by atoms with E-state index in [9.17, 15) is 14.0 Å². The molecule has 11 nitrogen and oxygen atoms in total. The summed E-state index contributed by atoms with van der Waals surface area (Å²) in [5.74, 6) is -1.31. The number of nitrogens with one attached hydrogen (secondary N) is 2. The molecule has 2 N–H and O–H groups in total. The quantitative estimate of drug-likeness (QED) is 0.188. The third-order valence-corrected chi connectivity index (χ3v) is 7.85. The Morgan fingerprint density at radius 2 is 1.80 bits per heavy atom. The van der Waals surface area contributed by atoms with Gasteiger partial charge in [-0.15, -0.1) is 0 Å². The van der Waals surface area contributed by atoms with Crippen LogP contribution in [-0.2, 0) is 14.3 Å². The SMILES string of the molecule is Cc1c(OCCCN2CCOCC2)cn2ncnc(Oc3ccc(NC(=O)C4(C(=O)Nc5ccc(F)cc5)CC4)c(F)c3)c12. The Morgan fingerprint density at radius 1 is 1.05 bits per heavy atom. The molecule has 0 bridgehead atoms. The lowest BCUT2D eigenvalue weighted by Crippen LogP contribution is -2.37. The summed E-state index contributed by atoms with van der Waals surface area (Å²) in [6.07, 6.45) is 4.58. The van der Waals surface area contributed by atoms with E-state index in [0.717, 1.165) is 50.9 Å². The lowest BCUT2D eigenvalue weighted by Gasteiger charge is -2.26. The number of benzene rings is 2. The van der Waals surface area contributed by atoms with E-state index in [1.54, 1.807) is 10.7 Å². The predicted octanol–water partition coefficient (Wildman–Crippen LogP) is 4.57. The summed E-state index contributed by atoms with van der Waals surface area (Å²) in [5, 5.41) is 9.41. The summed E-state index contributed by atoms with van der Waals surface area (Å²) in [6, 6.07) is 9.22. The van der Waals surface area contributed by atoms with Crippen LogP contribution in [0.1, 0.15) is 24.8 Å². The van der Waals surface area contributed by atoms with Crippen LogP contribution in [0.15, 0.2) is 55.0 Å². The lowest BCUT2D eigenvalue weighted by atomic mass is 10.0. The van der Waals surface area contributed by atoms with E-state index in [-0.39, 0.29) is 17.3 Å². The molecule has 1 saturated carbocycles. The highest BCUT2D eigenvalue weighted by Crippen LogP contribution is 2.47. The predicted molar refractivity (Wildman–Crippen MR) is 157 cm³/mol. The third kappa shape index (κ3) is 6.33.